The van der Waals surface area contributed by atoms with E-state index in [9.17, 15) is 8.42 Å². The zero-order valence-electron chi connectivity index (χ0n) is 6.15. The van der Waals surface area contributed by atoms with Gasteiger partial charge in [-0.2, -0.15) is 8.42 Å². The van der Waals surface area contributed by atoms with Crippen molar-refractivity contribution >= 4 is 10.1 Å². The standard InChI is InChI=1S/C6H10O4S/c1-6(2)5-10-3-4-11(7,8)9/h3-4H,1,5H2,2H3,(H,7,8,9)/b4-3+. The first-order chi connectivity index (χ1) is 4.92. The van der Waals surface area contributed by atoms with E-state index < -0.39 is 10.1 Å². The van der Waals surface area contributed by atoms with Crippen molar-refractivity contribution in [2.24, 2.45) is 0 Å². The molecule has 0 rings (SSSR count). The summed E-state index contributed by atoms with van der Waals surface area (Å²) < 4.78 is 32.9. The van der Waals surface area contributed by atoms with E-state index in [0.29, 0.717) is 5.41 Å². The average molecular weight is 178 g/mol. The molecule has 0 aromatic carbocycles. The summed E-state index contributed by atoms with van der Waals surface area (Å²) in [6, 6.07) is 0. The Morgan fingerprint density at radius 1 is 1.73 bits per heavy atom. The zero-order valence-corrected chi connectivity index (χ0v) is 6.97. The van der Waals surface area contributed by atoms with Crippen LogP contribution < -0.4 is 0 Å². The van der Waals surface area contributed by atoms with Crippen LogP contribution >= 0.6 is 0 Å². The minimum Gasteiger partial charge on any atom is -0.496 e. The molecule has 4 nitrogen and oxygen atoms in total. The Balaban J connectivity index is 3.72. The maximum Gasteiger partial charge on any atom is 0.290 e. The molecular weight excluding hydrogens is 168 g/mol. The Labute approximate surface area is 65.9 Å². The lowest BCUT2D eigenvalue weighted by Gasteiger charge is -1.96. The SMILES string of the molecule is C=C(C)CO/C=C/S(=O)(=O)O. The third-order valence-electron chi connectivity index (χ3n) is 0.653. The minimum atomic E-state index is -4.06. The number of hydrogen-bond donors (Lipinski definition) is 1. The molecule has 64 valence electrons. The Bertz CT molecular complexity index is 250. The second-order valence-electron chi connectivity index (χ2n) is 2.06. The molecule has 0 aliphatic heterocycles. The van der Waals surface area contributed by atoms with Crippen LogP contribution in [0.2, 0.25) is 0 Å². The highest BCUT2D eigenvalue weighted by molar-refractivity contribution is 7.88. The molecule has 0 amide bonds. The first-order valence-electron chi connectivity index (χ1n) is 2.82. The van der Waals surface area contributed by atoms with Gasteiger partial charge in [0.05, 0.1) is 11.7 Å². The van der Waals surface area contributed by atoms with E-state index in [0.717, 1.165) is 11.8 Å². The summed E-state index contributed by atoms with van der Waals surface area (Å²) in [6.07, 6.45) is 0.907. The van der Waals surface area contributed by atoms with Crippen molar-refractivity contribution in [1.29, 1.82) is 0 Å². The fourth-order valence-electron chi connectivity index (χ4n) is 0.300. The lowest BCUT2D eigenvalue weighted by molar-refractivity contribution is 0.281. The van der Waals surface area contributed by atoms with E-state index in [2.05, 4.69) is 11.3 Å². The Morgan fingerprint density at radius 2 is 2.27 bits per heavy atom. The molecule has 0 atom stereocenters. The van der Waals surface area contributed by atoms with Gasteiger partial charge in [0.25, 0.3) is 10.1 Å². The molecule has 0 aromatic rings. The van der Waals surface area contributed by atoms with Gasteiger partial charge in [-0.1, -0.05) is 6.58 Å². The van der Waals surface area contributed by atoms with Gasteiger partial charge in [-0.3, -0.25) is 4.55 Å². The second-order valence-corrected chi connectivity index (χ2v) is 3.36. The summed E-state index contributed by atoms with van der Waals surface area (Å²) in [5.41, 5.74) is 0.769. The average Bonchev–Trinajstić information content (AvgIpc) is 1.78. The van der Waals surface area contributed by atoms with Gasteiger partial charge in [0.2, 0.25) is 0 Å². The lowest BCUT2D eigenvalue weighted by Crippen LogP contribution is -1.92. The van der Waals surface area contributed by atoms with E-state index in [1.165, 1.54) is 0 Å². The van der Waals surface area contributed by atoms with Crippen molar-refractivity contribution in [3.8, 4) is 0 Å². The molecule has 0 aromatic heterocycles. The van der Waals surface area contributed by atoms with E-state index >= 15 is 0 Å². The van der Waals surface area contributed by atoms with Gasteiger partial charge in [0.15, 0.2) is 0 Å². The quantitative estimate of drug-likeness (QED) is 0.395. The van der Waals surface area contributed by atoms with E-state index in [4.69, 9.17) is 4.55 Å². The molecule has 0 aliphatic carbocycles. The molecule has 0 saturated carbocycles. The fourth-order valence-corrected chi connectivity index (χ4v) is 0.519. The van der Waals surface area contributed by atoms with Gasteiger partial charge in [-0.05, 0) is 12.5 Å². The largest absolute Gasteiger partial charge is 0.496 e. The van der Waals surface area contributed by atoms with Crippen LogP contribution in [0.4, 0.5) is 0 Å². The van der Waals surface area contributed by atoms with Gasteiger partial charge in [0, 0.05) is 0 Å². The van der Waals surface area contributed by atoms with Crippen LogP contribution in [-0.2, 0) is 14.9 Å². The lowest BCUT2D eigenvalue weighted by atomic mass is 10.4. The molecule has 0 unspecified atom stereocenters. The summed E-state index contributed by atoms with van der Waals surface area (Å²) in [5, 5.41) is 0.565. The van der Waals surface area contributed by atoms with E-state index in [-0.39, 0.29) is 6.61 Å². The van der Waals surface area contributed by atoms with E-state index in [1.54, 1.807) is 6.92 Å². The predicted octanol–water partition coefficient (Wildman–Crippen LogP) is 0.938. The minimum absolute atomic E-state index is 0.242. The predicted molar refractivity (Wildman–Crippen MR) is 41.5 cm³/mol. The van der Waals surface area contributed by atoms with Crippen molar-refractivity contribution in [1.82, 2.24) is 0 Å². The molecule has 5 heteroatoms. The molecule has 0 aliphatic rings. The molecule has 0 fully saturated rings. The fraction of sp³-hybridized carbons (Fsp3) is 0.333. The molecule has 1 N–H and O–H groups in total. The number of hydrogen-bond acceptors (Lipinski definition) is 3. The van der Waals surface area contributed by atoms with E-state index in [1.807, 2.05) is 0 Å². The van der Waals surface area contributed by atoms with Gasteiger partial charge in [-0.25, -0.2) is 0 Å². The van der Waals surface area contributed by atoms with Crippen molar-refractivity contribution in [3.63, 3.8) is 0 Å². The molecule has 0 radical (unpaired) electrons. The van der Waals surface area contributed by atoms with Crippen LogP contribution in [0, 0.1) is 0 Å². The van der Waals surface area contributed by atoms with Crippen LogP contribution in [-0.4, -0.2) is 19.6 Å². The Hall–Kier alpha value is -0.810. The topological polar surface area (TPSA) is 63.6 Å². The molecule has 0 spiro atoms. The highest BCUT2D eigenvalue weighted by Gasteiger charge is 1.93. The van der Waals surface area contributed by atoms with Crippen LogP contribution in [0.15, 0.2) is 23.8 Å². The smallest absolute Gasteiger partial charge is 0.290 e. The monoisotopic (exact) mass is 178 g/mol. The maximum absolute atomic E-state index is 10.0. The molecule has 0 saturated heterocycles. The molecule has 11 heavy (non-hydrogen) atoms. The van der Waals surface area contributed by atoms with Crippen molar-refractivity contribution in [2.75, 3.05) is 6.61 Å². The van der Waals surface area contributed by atoms with Crippen LogP contribution in [0.5, 0.6) is 0 Å². The van der Waals surface area contributed by atoms with Crippen LogP contribution in [0.3, 0.4) is 0 Å². The highest BCUT2D eigenvalue weighted by atomic mass is 32.2. The number of rotatable bonds is 4. The van der Waals surface area contributed by atoms with Crippen molar-refractivity contribution in [2.45, 2.75) is 6.92 Å². The highest BCUT2D eigenvalue weighted by Crippen LogP contribution is 1.90. The van der Waals surface area contributed by atoms with Gasteiger partial charge in [0.1, 0.15) is 6.61 Å². The first kappa shape index (κ1) is 10.2. The summed E-state index contributed by atoms with van der Waals surface area (Å²) in [6.45, 7) is 5.50. The molecule has 0 heterocycles. The maximum atomic E-state index is 10.0. The second kappa shape index (κ2) is 4.15. The molecular formula is C6H10O4S. The summed E-state index contributed by atoms with van der Waals surface area (Å²) in [5.74, 6) is 0. The zero-order chi connectivity index (χ0) is 8.91. The molecule has 0 bridgehead atoms. The third kappa shape index (κ3) is 9.19. The van der Waals surface area contributed by atoms with Crippen LogP contribution in [0.1, 0.15) is 6.92 Å². The Morgan fingerprint density at radius 3 is 2.64 bits per heavy atom. The summed E-state index contributed by atoms with van der Waals surface area (Å²) >= 11 is 0. The first-order valence-corrected chi connectivity index (χ1v) is 4.32. The number of ether oxygens (including phenoxy) is 1. The van der Waals surface area contributed by atoms with Crippen molar-refractivity contribution < 1.29 is 17.7 Å². The van der Waals surface area contributed by atoms with Gasteiger partial charge < -0.3 is 4.74 Å². The summed E-state index contributed by atoms with van der Waals surface area (Å²) in [7, 11) is -4.06. The third-order valence-corrected chi connectivity index (χ3v) is 1.11. The normalized spacial score (nSPS) is 11.8. The summed E-state index contributed by atoms with van der Waals surface area (Å²) in [4.78, 5) is 0. The van der Waals surface area contributed by atoms with Gasteiger partial charge in [-0.15, -0.1) is 0 Å². The van der Waals surface area contributed by atoms with Crippen molar-refractivity contribution in [3.05, 3.63) is 23.8 Å². The van der Waals surface area contributed by atoms with Gasteiger partial charge >= 0.3 is 0 Å². The van der Waals surface area contributed by atoms with Crippen LogP contribution in [0.25, 0.3) is 0 Å². The Kier molecular flexibility index (Phi) is 3.84.